The zero-order chi connectivity index (χ0) is 26.6. The zero-order valence-corrected chi connectivity index (χ0v) is 25.7. The van der Waals surface area contributed by atoms with Crippen LogP contribution < -0.4 is 0 Å². The number of unbranched alkanes of at least 4 members (excludes halogenated alkanes) is 7. The van der Waals surface area contributed by atoms with Crippen molar-refractivity contribution in [2.45, 2.75) is 171 Å². The number of hydrogen-bond donors (Lipinski definition) is 0. The molecule has 0 N–H and O–H groups in total. The summed E-state index contributed by atoms with van der Waals surface area (Å²) in [4.78, 5) is 0. The highest BCUT2D eigenvalue weighted by atomic mass is 16.5. The maximum atomic E-state index is 6.50. The lowest BCUT2D eigenvalue weighted by atomic mass is 9.83. The van der Waals surface area contributed by atoms with E-state index in [0.29, 0.717) is 12.0 Å². The first-order chi connectivity index (χ1) is 17.4. The maximum absolute atomic E-state index is 6.50. The van der Waals surface area contributed by atoms with Gasteiger partial charge in [-0.05, 0) is 69.8 Å². The number of allylic oxidation sites excluding steroid dienone is 4. The first-order valence-electron chi connectivity index (χ1n) is 16.0. The van der Waals surface area contributed by atoms with Crippen molar-refractivity contribution in [3.63, 3.8) is 0 Å². The van der Waals surface area contributed by atoms with E-state index in [1.807, 2.05) is 0 Å². The molecule has 0 saturated carbocycles. The molecular weight excluding hydrogens is 448 g/mol. The third-order valence-corrected chi connectivity index (χ3v) is 8.53. The van der Waals surface area contributed by atoms with Crippen LogP contribution in [0.15, 0.2) is 34.9 Å². The second-order valence-electron chi connectivity index (χ2n) is 12.3. The Bertz CT molecular complexity index is 625. The van der Waals surface area contributed by atoms with Gasteiger partial charge in [0.1, 0.15) is 0 Å². The maximum Gasteiger partial charge on any atom is 0.0850 e. The monoisotopic (exact) mass is 517 g/mol. The van der Waals surface area contributed by atoms with E-state index < -0.39 is 0 Å². The van der Waals surface area contributed by atoms with E-state index in [-0.39, 0.29) is 7.43 Å². The minimum absolute atomic E-state index is 0. The van der Waals surface area contributed by atoms with Gasteiger partial charge in [-0.25, -0.2) is 0 Å². The molecule has 0 saturated heterocycles. The van der Waals surface area contributed by atoms with Gasteiger partial charge in [0, 0.05) is 12.5 Å². The van der Waals surface area contributed by atoms with Crippen LogP contribution in [-0.4, -0.2) is 12.7 Å². The molecule has 1 heteroatoms. The highest BCUT2D eigenvalue weighted by molar-refractivity contribution is 5.29. The van der Waals surface area contributed by atoms with E-state index in [2.05, 4.69) is 66.7 Å². The van der Waals surface area contributed by atoms with Gasteiger partial charge in [0.25, 0.3) is 0 Å². The van der Waals surface area contributed by atoms with Gasteiger partial charge in [0.2, 0.25) is 0 Å². The predicted octanol–water partition coefficient (Wildman–Crippen LogP) is 12.4. The Hall–Kier alpha value is -0.820. The first kappa shape index (κ1) is 36.2. The molecule has 4 unspecified atom stereocenters. The van der Waals surface area contributed by atoms with Crippen LogP contribution in [0.4, 0.5) is 0 Å². The minimum Gasteiger partial charge on any atom is -0.373 e. The van der Waals surface area contributed by atoms with E-state index in [4.69, 9.17) is 4.74 Å². The Morgan fingerprint density at radius 2 is 1.46 bits per heavy atom. The third-order valence-electron chi connectivity index (χ3n) is 8.53. The largest absolute Gasteiger partial charge is 0.373 e. The van der Waals surface area contributed by atoms with Crippen molar-refractivity contribution in [2.75, 3.05) is 6.61 Å². The molecule has 0 aromatic rings. The third kappa shape index (κ3) is 17.4. The molecule has 0 aromatic carbocycles. The average Bonchev–Trinajstić information content (AvgIpc) is 2.85. The Morgan fingerprint density at radius 1 is 0.838 bits per heavy atom. The molecule has 0 radical (unpaired) electrons. The molecule has 0 spiro atoms. The Morgan fingerprint density at radius 3 is 2.16 bits per heavy atom. The van der Waals surface area contributed by atoms with Crippen LogP contribution in [0.5, 0.6) is 0 Å². The van der Waals surface area contributed by atoms with Crippen LogP contribution in [0, 0.1) is 17.8 Å². The topological polar surface area (TPSA) is 9.23 Å². The second-order valence-corrected chi connectivity index (χ2v) is 12.3. The van der Waals surface area contributed by atoms with E-state index in [1.54, 1.807) is 11.1 Å². The molecule has 1 nitrogen and oxygen atoms in total. The average molecular weight is 517 g/mol. The molecule has 1 rings (SSSR count). The van der Waals surface area contributed by atoms with Gasteiger partial charge in [-0.3, -0.25) is 0 Å². The van der Waals surface area contributed by atoms with E-state index in [1.165, 1.54) is 115 Å². The molecular formula is C36H68O. The van der Waals surface area contributed by atoms with Gasteiger partial charge < -0.3 is 4.74 Å². The molecule has 0 fully saturated rings. The van der Waals surface area contributed by atoms with Crippen molar-refractivity contribution in [3.05, 3.63) is 34.9 Å². The van der Waals surface area contributed by atoms with Crippen LogP contribution >= 0.6 is 0 Å². The van der Waals surface area contributed by atoms with Crippen molar-refractivity contribution in [1.29, 1.82) is 0 Å². The van der Waals surface area contributed by atoms with Gasteiger partial charge in [-0.15, -0.1) is 0 Å². The minimum atomic E-state index is 0. The van der Waals surface area contributed by atoms with Crippen molar-refractivity contribution >= 4 is 0 Å². The van der Waals surface area contributed by atoms with Crippen molar-refractivity contribution < 1.29 is 4.74 Å². The summed E-state index contributed by atoms with van der Waals surface area (Å²) >= 11 is 0. The second kappa shape index (κ2) is 23.1. The first-order valence-corrected chi connectivity index (χ1v) is 16.0. The summed E-state index contributed by atoms with van der Waals surface area (Å²) in [6.45, 7) is 17.4. The Labute approximate surface area is 235 Å². The lowest BCUT2D eigenvalue weighted by molar-refractivity contribution is 0.0453. The quantitative estimate of drug-likeness (QED) is 0.103. The molecule has 0 aliphatic heterocycles. The normalized spacial score (nSPS) is 19.7. The molecule has 1 aliphatic carbocycles. The summed E-state index contributed by atoms with van der Waals surface area (Å²) in [5.74, 6) is 2.20. The number of rotatable bonds is 22. The summed E-state index contributed by atoms with van der Waals surface area (Å²) in [5.41, 5.74) is 4.62. The van der Waals surface area contributed by atoms with Crippen molar-refractivity contribution in [1.82, 2.24) is 0 Å². The van der Waals surface area contributed by atoms with Crippen molar-refractivity contribution in [2.24, 2.45) is 17.8 Å². The summed E-state index contributed by atoms with van der Waals surface area (Å²) < 4.78 is 6.50. The molecule has 4 atom stereocenters. The fourth-order valence-corrected chi connectivity index (χ4v) is 5.52. The molecule has 0 bridgehead atoms. The highest BCUT2D eigenvalue weighted by Crippen LogP contribution is 2.32. The lowest BCUT2D eigenvalue weighted by Crippen LogP contribution is -2.28. The smallest absolute Gasteiger partial charge is 0.0850 e. The van der Waals surface area contributed by atoms with Crippen LogP contribution in [0.2, 0.25) is 0 Å². The SMILES string of the molecule is C.CCCC/C=C(\C)CCCC(C)CCCC(C)CCC1=CC=C(C)C(C)C1OCCCCCCCC. The standard InChI is InChI=1S/C35H64O.CH4/c1-8-10-12-13-14-16-28-36-35-33(7)32(6)25-27-34(35)26-24-31(5)23-18-22-30(4)21-17-20-29(3)19-15-11-9-2;/h19,25,27,30-31,33,35H,8-18,20-24,26,28H2,1-7H3;1H4/b29-19+;. The predicted molar refractivity (Wildman–Crippen MR) is 169 cm³/mol. The summed E-state index contributed by atoms with van der Waals surface area (Å²) in [6.07, 6.45) is 30.1. The van der Waals surface area contributed by atoms with Crippen LogP contribution in [0.25, 0.3) is 0 Å². The number of ether oxygens (including phenoxy) is 1. The molecule has 0 amide bonds. The molecule has 0 heterocycles. The van der Waals surface area contributed by atoms with E-state index >= 15 is 0 Å². The van der Waals surface area contributed by atoms with Crippen LogP contribution in [-0.2, 0) is 4.74 Å². The zero-order valence-electron chi connectivity index (χ0n) is 25.7. The summed E-state index contributed by atoms with van der Waals surface area (Å²) in [7, 11) is 0. The van der Waals surface area contributed by atoms with Crippen molar-refractivity contribution in [3.8, 4) is 0 Å². The summed E-state index contributed by atoms with van der Waals surface area (Å²) in [6, 6.07) is 0. The fourth-order valence-electron chi connectivity index (χ4n) is 5.52. The van der Waals surface area contributed by atoms with Gasteiger partial charge in [-0.1, -0.05) is 142 Å². The van der Waals surface area contributed by atoms with Gasteiger partial charge >= 0.3 is 0 Å². The van der Waals surface area contributed by atoms with Gasteiger partial charge in [0.05, 0.1) is 6.10 Å². The Kier molecular flexibility index (Phi) is 22.6. The van der Waals surface area contributed by atoms with E-state index in [9.17, 15) is 0 Å². The van der Waals surface area contributed by atoms with Crippen LogP contribution in [0.1, 0.15) is 165 Å². The van der Waals surface area contributed by atoms with Gasteiger partial charge in [-0.2, -0.15) is 0 Å². The molecule has 37 heavy (non-hydrogen) atoms. The fraction of sp³-hybridized carbons (Fsp3) is 0.833. The molecule has 0 aromatic heterocycles. The highest BCUT2D eigenvalue weighted by Gasteiger charge is 2.26. The lowest BCUT2D eigenvalue weighted by Gasteiger charge is -2.31. The summed E-state index contributed by atoms with van der Waals surface area (Å²) in [5, 5.41) is 0. The van der Waals surface area contributed by atoms with Crippen LogP contribution in [0.3, 0.4) is 0 Å². The Balaban J connectivity index is 0.0000130. The molecule has 1 aliphatic rings. The number of hydrogen-bond acceptors (Lipinski definition) is 1. The molecule has 218 valence electrons. The van der Waals surface area contributed by atoms with E-state index in [0.717, 1.165) is 18.4 Å². The van der Waals surface area contributed by atoms with Gasteiger partial charge in [0.15, 0.2) is 0 Å².